The summed E-state index contributed by atoms with van der Waals surface area (Å²) in [5.41, 5.74) is 2.34. The molecule has 104 valence electrons. The van der Waals surface area contributed by atoms with Crippen molar-refractivity contribution in [1.82, 2.24) is 4.90 Å². The summed E-state index contributed by atoms with van der Waals surface area (Å²) in [5.74, 6) is -0.0361. The smallest absolute Gasteiger partial charge is 0.317 e. The predicted molar refractivity (Wildman–Crippen MR) is 76.4 cm³/mol. The second kappa shape index (κ2) is 6.06. The minimum Gasteiger partial charge on any atom is -0.480 e. The molecule has 4 nitrogen and oxygen atoms in total. The van der Waals surface area contributed by atoms with E-state index in [0.717, 1.165) is 18.8 Å². The molecule has 0 bridgehead atoms. The number of anilines is 1. The van der Waals surface area contributed by atoms with Crippen molar-refractivity contribution >= 4 is 11.7 Å². The van der Waals surface area contributed by atoms with Crippen LogP contribution >= 0.6 is 0 Å². The third kappa shape index (κ3) is 4.56. The van der Waals surface area contributed by atoms with Gasteiger partial charge in [-0.25, -0.2) is 0 Å². The molecule has 4 heteroatoms. The fourth-order valence-electron chi connectivity index (χ4n) is 2.20. The Kier molecular flexibility index (Phi) is 4.43. The fraction of sp³-hybridized carbons (Fsp3) is 0.533. The number of carbonyl (C=O) groups is 1. The van der Waals surface area contributed by atoms with Gasteiger partial charge in [-0.05, 0) is 36.5 Å². The second-order valence-electron chi connectivity index (χ2n) is 5.57. The van der Waals surface area contributed by atoms with E-state index in [4.69, 9.17) is 5.11 Å². The van der Waals surface area contributed by atoms with Crippen LogP contribution in [0.25, 0.3) is 0 Å². The SMILES string of the molecule is CN(C)c1ccc(CN(CC(=O)O)CC2CC2)cc1. The van der Waals surface area contributed by atoms with Gasteiger partial charge in [-0.2, -0.15) is 0 Å². The van der Waals surface area contributed by atoms with E-state index in [-0.39, 0.29) is 6.54 Å². The van der Waals surface area contributed by atoms with Gasteiger partial charge in [0.15, 0.2) is 0 Å². The van der Waals surface area contributed by atoms with Crippen LogP contribution in [0.2, 0.25) is 0 Å². The highest BCUT2D eigenvalue weighted by molar-refractivity contribution is 5.69. The topological polar surface area (TPSA) is 43.8 Å². The lowest BCUT2D eigenvalue weighted by Crippen LogP contribution is -2.31. The van der Waals surface area contributed by atoms with Gasteiger partial charge in [0, 0.05) is 32.9 Å². The average molecular weight is 262 g/mol. The van der Waals surface area contributed by atoms with Crippen molar-refractivity contribution in [3.8, 4) is 0 Å². The monoisotopic (exact) mass is 262 g/mol. The maximum absolute atomic E-state index is 10.9. The van der Waals surface area contributed by atoms with Crippen molar-refractivity contribution in [3.63, 3.8) is 0 Å². The summed E-state index contributed by atoms with van der Waals surface area (Å²) in [6.07, 6.45) is 2.49. The molecule has 2 rings (SSSR count). The van der Waals surface area contributed by atoms with Gasteiger partial charge < -0.3 is 10.0 Å². The molecule has 0 spiro atoms. The van der Waals surface area contributed by atoms with Crippen LogP contribution in [-0.4, -0.2) is 43.2 Å². The molecular weight excluding hydrogens is 240 g/mol. The predicted octanol–water partition coefficient (Wildman–Crippen LogP) is 2.05. The maximum Gasteiger partial charge on any atom is 0.317 e. The first kappa shape index (κ1) is 13.9. The lowest BCUT2D eigenvalue weighted by molar-refractivity contribution is -0.138. The minimum absolute atomic E-state index is 0.131. The molecule has 0 atom stereocenters. The van der Waals surface area contributed by atoms with Crippen molar-refractivity contribution in [2.75, 3.05) is 32.1 Å². The van der Waals surface area contributed by atoms with E-state index in [9.17, 15) is 4.79 Å². The number of carboxylic acids is 1. The van der Waals surface area contributed by atoms with Gasteiger partial charge in [0.25, 0.3) is 0 Å². The van der Waals surface area contributed by atoms with Crippen LogP contribution in [0.3, 0.4) is 0 Å². The summed E-state index contributed by atoms with van der Waals surface area (Å²) in [5, 5.41) is 8.96. The Morgan fingerprint density at radius 1 is 1.26 bits per heavy atom. The molecule has 0 amide bonds. The van der Waals surface area contributed by atoms with Crippen molar-refractivity contribution in [2.24, 2.45) is 5.92 Å². The summed E-state index contributed by atoms with van der Waals surface area (Å²) in [6, 6.07) is 8.31. The van der Waals surface area contributed by atoms with Gasteiger partial charge in [0.2, 0.25) is 0 Å². The van der Waals surface area contributed by atoms with Gasteiger partial charge in [0.05, 0.1) is 6.54 Å². The zero-order valence-electron chi connectivity index (χ0n) is 11.7. The molecule has 0 aliphatic heterocycles. The van der Waals surface area contributed by atoms with Crippen LogP contribution in [0.15, 0.2) is 24.3 Å². The zero-order chi connectivity index (χ0) is 13.8. The standard InChI is InChI=1S/C15H22N2O2/c1-16(2)14-7-5-13(6-8-14)10-17(11-15(18)19)9-12-3-4-12/h5-8,12H,3-4,9-11H2,1-2H3,(H,18,19). The third-order valence-electron chi connectivity index (χ3n) is 3.43. The zero-order valence-corrected chi connectivity index (χ0v) is 11.7. The van der Waals surface area contributed by atoms with Crippen molar-refractivity contribution in [2.45, 2.75) is 19.4 Å². The Morgan fingerprint density at radius 3 is 2.37 bits per heavy atom. The van der Waals surface area contributed by atoms with Gasteiger partial charge in [0.1, 0.15) is 0 Å². The highest BCUT2D eigenvalue weighted by atomic mass is 16.4. The lowest BCUT2D eigenvalue weighted by Gasteiger charge is -2.20. The first-order chi connectivity index (χ1) is 9.04. The highest BCUT2D eigenvalue weighted by Gasteiger charge is 2.25. The average Bonchev–Trinajstić information content (AvgIpc) is 3.12. The fourth-order valence-corrected chi connectivity index (χ4v) is 2.20. The number of hydrogen-bond acceptors (Lipinski definition) is 3. The largest absolute Gasteiger partial charge is 0.480 e. The molecule has 19 heavy (non-hydrogen) atoms. The van der Waals surface area contributed by atoms with E-state index in [1.54, 1.807) is 0 Å². The minimum atomic E-state index is -0.745. The molecule has 0 radical (unpaired) electrons. The maximum atomic E-state index is 10.9. The van der Waals surface area contributed by atoms with Crippen molar-refractivity contribution < 1.29 is 9.90 Å². The third-order valence-corrected chi connectivity index (χ3v) is 3.43. The molecule has 1 aliphatic carbocycles. The van der Waals surface area contributed by atoms with E-state index in [0.29, 0.717) is 5.92 Å². The molecule has 1 fully saturated rings. The number of nitrogens with zero attached hydrogens (tertiary/aromatic N) is 2. The Morgan fingerprint density at radius 2 is 1.89 bits per heavy atom. The number of carboxylic acid groups (broad SMARTS) is 1. The van der Waals surface area contributed by atoms with Gasteiger partial charge in [-0.3, -0.25) is 9.69 Å². The van der Waals surface area contributed by atoms with Crippen LogP contribution < -0.4 is 4.90 Å². The number of benzene rings is 1. The molecule has 0 saturated heterocycles. The summed E-state index contributed by atoms with van der Waals surface area (Å²) >= 11 is 0. The quantitative estimate of drug-likeness (QED) is 0.817. The summed E-state index contributed by atoms with van der Waals surface area (Å²) in [7, 11) is 4.03. The number of rotatable bonds is 7. The van der Waals surface area contributed by atoms with E-state index in [1.807, 2.05) is 19.0 Å². The molecule has 1 aromatic rings. The van der Waals surface area contributed by atoms with Crippen molar-refractivity contribution in [1.29, 1.82) is 0 Å². The number of hydrogen-bond donors (Lipinski definition) is 1. The number of aliphatic carboxylic acids is 1. The van der Waals surface area contributed by atoms with Crippen LogP contribution in [-0.2, 0) is 11.3 Å². The molecule has 0 heterocycles. The van der Waals surface area contributed by atoms with Gasteiger partial charge in [-0.1, -0.05) is 12.1 Å². The Balaban J connectivity index is 1.96. The lowest BCUT2D eigenvalue weighted by atomic mass is 10.2. The Bertz CT molecular complexity index is 424. The van der Waals surface area contributed by atoms with Crippen molar-refractivity contribution in [3.05, 3.63) is 29.8 Å². The molecule has 0 aromatic heterocycles. The first-order valence-corrected chi connectivity index (χ1v) is 6.75. The van der Waals surface area contributed by atoms with Crippen LogP contribution in [0.4, 0.5) is 5.69 Å². The second-order valence-corrected chi connectivity index (χ2v) is 5.57. The molecule has 1 saturated carbocycles. The van der Waals surface area contributed by atoms with Gasteiger partial charge in [-0.15, -0.1) is 0 Å². The van der Waals surface area contributed by atoms with E-state index in [2.05, 4.69) is 29.2 Å². The molecule has 1 aliphatic rings. The van der Waals surface area contributed by atoms with Crippen LogP contribution in [0.1, 0.15) is 18.4 Å². The summed E-state index contributed by atoms with van der Waals surface area (Å²) in [6.45, 7) is 1.75. The summed E-state index contributed by atoms with van der Waals surface area (Å²) < 4.78 is 0. The molecular formula is C15H22N2O2. The van der Waals surface area contributed by atoms with Crippen LogP contribution in [0.5, 0.6) is 0 Å². The summed E-state index contributed by atoms with van der Waals surface area (Å²) in [4.78, 5) is 15.0. The van der Waals surface area contributed by atoms with E-state index in [1.165, 1.54) is 18.4 Å². The first-order valence-electron chi connectivity index (χ1n) is 6.75. The molecule has 1 N–H and O–H groups in total. The molecule has 1 aromatic carbocycles. The van der Waals surface area contributed by atoms with Gasteiger partial charge >= 0.3 is 5.97 Å². The Labute approximate surface area is 114 Å². The van der Waals surface area contributed by atoms with Crippen LogP contribution in [0, 0.1) is 5.92 Å². The normalized spacial score (nSPS) is 14.7. The Hall–Kier alpha value is -1.55. The van der Waals surface area contributed by atoms with E-state index >= 15 is 0 Å². The highest BCUT2D eigenvalue weighted by Crippen LogP contribution is 2.30. The van der Waals surface area contributed by atoms with E-state index < -0.39 is 5.97 Å². The molecule has 0 unspecified atom stereocenters.